The second-order valence-corrected chi connectivity index (χ2v) is 3.81. The van der Waals surface area contributed by atoms with Crippen molar-refractivity contribution < 1.29 is 0 Å². The fourth-order valence-corrected chi connectivity index (χ4v) is 1.51. The third kappa shape index (κ3) is 11.9. The monoisotopic (exact) mass is 288 g/mol. The first-order valence-electron chi connectivity index (χ1n) is 7.83. The molecule has 0 aliphatic rings. The summed E-state index contributed by atoms with van der Waals surface area (Å²) in [4.78, 5) is 0. The Kier molecular flexibility index (Phi) is 21.5. The van der Waals surface area contributed by atoms with Gasteiger partial charge in [0, 0.05) is 0 Å². The molecule has 0 N–H and O–H groups in total. The van der Waals surface area contributed by atoms with Crippen molar-refractivity contribution in [1.82, 2.24) is 0 Å². The van der Waals surface area contributed by atoms with E-state index in [-0.39, 0.29) is 7.43 Å². The molecule has 0 aliphatic heterocycles. The summed E-state index contributed by atoms with van der Waals surface area (Å²) in [6.45, 7) is 14.4. The van der Waals surface area contributed by atoms with E-state index in [0.29, 0.717) is 0 Å². The van der Waals surface area contributed by atoms with Gasteiger partial charge in [-0.15, -0.1) is 0 Å². The van der Waals surface area contributed by atoms with Gasteiger partial charge in [0.1, 0.15) is 0 Å². The summed E-state index contributed by atoms with van der Waals surface area (Å²) in [5, 5.41) is 0. The standard InChI is InChI=1S/C16H20.2C2H6.CH4/c1-4-6-7-8-10-14(3)16-12-9-11-15(5-2)13-16;2*1-2;/h4,6-13H,5H2,1-3H3;2*1-2H3;1H4/b6-4-,8-7-,14-10+;;;. The Morgan fingerprint density at radius 2 is 1.62 bits per heavy atom. The van der Waals surface area contributed by atoms with Crippen molar-refractivity contribution in [2.24, 2.45) is 0 Å². The van der Waals surface area contributed by atoms with Crippen LogP contribution in [0.1, 0.15) is 67.0 Å². The minimum Gasteiger partial charge on any atom is -0.0877 e. The normalized spacial score (nSPS) is 10.3. The highest BCUT2D eigenvalue weighted by atomic mass is 14.0. The van der Waals surface area contributed by atoms with Gasteiger partial charge in [0.25, 0.3) is 0 Å². The number of benzene rings is 1. The molecule has 0 aromatic heterocycles. The van der Waals surface area contributed by atoms with Crippen molar-refractivity contribution >= 4 is 5.57 Å². The highest BCUT2D eigenvalue weighted by molar-refractivity contribution is 5.65. The molecular formula is C21H36. The summed E-state index contributed by atoms with van der Waals surface area (Å²) < 4.78 is 0. The molecular weight excluding hydrogens is 252 g/mol. The second-order valence-electron chi connectivity index (χ2n) is 3.81. The van der Waals surface area contributed by atoms with Crippen LogP contribution in [0.15, 0.2) is 54.6 Å². The van der Waals surface area contributed by atoms with E-state index in [4.69, 9.17) is 0 Å². The number of rotatable bonds is 4. The van der Waals surface area contributed by atoms with Crippen molar-refractivity contribution in [3.8, 4) is 0 Å². The maximum atomic E-state index is 2.26. The number of aryl methyl sites for hydroxylation is 1. The Bertz CT molecular complexity index is 406. The highest BCUT2D eigenvalue weighted by Crippen LogP contribution is 2.15. The Labute approximate surface area is 134 Å². The molecule has 0 radical (unpaired) electrons. The average molecular weight is 289 g/mol. The summed E-state index contributed by atoms with van der Waals surface area (Å²) in [6, 6.07) is 8.72. The van der Waals surface area contributed by atoms with Crippen LogP contribution in [0.2, 0.25) is 0 Å². The average Bonchev–Trinajstić information content (AvgIpc) is 2.55. The van der Waals surface area contributed by atoms with E-state index in [0.717, 1.165) is 6.42 Å². The molecule has 0 saturated carbocycles. The lowest BCUT2D eigenvalue weighted by atomic mass is 10.0. The number of hydrogen-bond acceptors (Lipinski definition) is 0. The van der Waals surface area contributed by atoms with E-state index in [9.17, 15) is 0 Å². The van der Waals surface area contributed by atoms with Gasteiger partial charge < -0.3 is 0 Å². The van der Waals surface area contributed by atoms with Gasteiger partial charge in [0.2, 0.25) is 0 Å². The molecule has 0 heterocycles. The first-order valence-corrected chi connectivity index (χ1v) is 7.83. The molecule has 1 rings (SSSR count). The van der Waals surface area contributed by atoms with Crippen molar-refractivity contribution in [2.45, 2.75) is 62.3 Å². The first kappa shape index (κ1) is 24.5. The van der Waals surface area contributed by atoms with Gasteiger partial charge in [-0.1, -0.05) is 96.7 Å². The van der Waals surface area contributed by atoms with Gasteiger partial charge in [-0.2, -0.15) is 0 Å². The van der Waals surface area contributed by atoms with Crippen LogP contribution in [0.3, 0.4) is 0 Å². The Hall–Kier alpha value is -1.56. The fourth-order valence-electron chi connectivity index (χ4n) is 1.51. The minimum atomic E-state index is 0. The van der Waals surface area contributed by atoms with Crippen molar-refractivity contribution in [1.29, 1.82) is 0 Å². The lowest BCUT2D eigenvalue weighted by Crippen LogP contribution is -1.83. The van der Waals surface area contributed by atoms with Crippen molar-refractivity contribution in [3.05, 3.63) is 65.8 Å². The van der Waals surface area contributed by atoms with Gasteiger partial charge in [0.15, 0.2) is 0 Å². The minimum absolute atomic E-state index is 0. The summed E-state index contributed by atoms with van der Waals surface area (Å²) in [5.74, 6) is 0. The molecule has 0 atom stereocenters. The smallest absolute Gasteiger partial charge is 0.0225 e. The van der Waals surface area contributed by atoms with Gasteiger partial charge in [-0.3, -0.25) is 0 Å². The molecule has 0 amide bonds. The zero-order chi connectivity index (χ0) is 15.8. The second kappa shape index (κ2) is 18.4. The molecule has 0 fully saturated rings. The molecule has 1 aromatic carbocycles. The summed E-state index contributed by atoms with van der Waals surface area (Å²) in [7, 11) is 0. The molecule has 1 aromatic rings. The molecule has 0 nitrogen and oxygen atoms in total. The molecule has 0 unspecified atom stereocenters. The number of allylic oxidation sites excluding steroid dienone is 6. The summed E-state index contributed by atoms with van der Waals surface area (Å²) in [6.07, 6.45) is 11.4. The molecule has 0 heteroatoms. The largest absolute Gasteiger partial charge is 0.0877 e. The Balaban J connectivity index is -0.000000595. The molecule has 0 saturated heterocycles. The Morgan fingerprint density at radius 1 is 1.00 bits per heavy atom. The molecule has 21 heavy (non-hydrogen) atoms. The Morgan fingerprint density at radius 3 is 2.14 bits per heavy atom. The van der Waals surface area contributed by atoms with Crippen LogP contribution < -0.4 is 0 Å². The van der Waals surface area contributed by atoms with Crippen LogP contribution in [0.25, 0.3) is 5.57 Å². The van der Waals surface area contributed by atoms with Crippen LogP contribution in [-0.2, 0) is 6.42 Å². The molecule has 0 spiro atoms. The zero-order valence-corrected chi connectivity index (χ0v) is 14.4. The molecule has 0 aliphatic carbocycles. The maximum Gasteiger partial charge on any atom is -0.0225 e. The highest BCUT2D eigenvalue weighted by Gasteiger charge is 1.95. The topological polar surface area (TPSA) is 0 Å². The van der Waals surface area contributed by atoms with Gasteiger partial charge >= 0.3 is 0 Å². The number of hydrogen-bond donors (Lipinski definition) is 0. The molecule has 120 valence electrons. The van der Waals surface area contributed by atoms with E-state index in [1.165, 1.54) is 16.7 Å². The van der Waals surface area contributed by atoms with Crippen LogP contribution >= 0.6 is 0 Å². The van der Waals surface area contributed by atoms with Crippen molar-refractivity contribution in [3.63, 3.8) is 0 Å². The van der Waals surface area contributed by atoms with Crippen molar-refractivity contribution in [2.75, 3.05) is 0 Å². The van der Waals surface area contributed by atoms with E-state index in [2.05, 4.69) is 50.3 Å². The van der Waals surface area contributed by atoms with E-state index in [1.807, 2.05) is 52.8 Å². The van der Waals surface area contributed by atoms with Crippen LogP contribution in [0, 0.1) is 0 Å². The van der Waals surface area contributed by atoms with Crippen LogP contribution in [0.5, 0.6) is 0 Å². The van der Waals surface area contributed by atoms with E-state index >= 15 is 0 Å². The third-order valence-electron chi connectivity index (χ3n) is 2.55. The predicted octanol–water partition coefficient (Wildman–Crippen LogP) is 7.47. The van der Waals surface area contributed by atoms with Gasteiger partial charge in [-0.25, -0.2) is 0 Å². The van der Waals surface area contributed by atoms with Crippen LogP contribution in [0.4, 0.5) is 0 Å². The SMILES string of the molecule is C.CC.CC.C\C=C/C=C\C=C(/C)c1cccc(CC)c1. The van der Waals surface area contributed by atoms with Gasteiger partial charge in [0.05, 0.1) is 0 Å². The van der Waals surface area contributed by atoms with E-state index in [1.54, 1.807) is 0 Å². The first-order chi connectivity index (χ1) is 9.77. The third-order valence-corrected chi connectivity index (χ3v) is 2.55. The molecule has 0 bridgehead atoms. The lowest BCUT2D eigenvalue weighted by molar-refractivity contribution is 1.14. The quantitative estimate of drug-likeness (QED) is 0.504. The van der Waals surface area contributed by atoms with Crippen LogP contribution in [-0.4, -0.2) is 0 Å². The summed E-state index contributed by atoms with van der Waals surface area (Å²) in [5.41, 5.74) is 4.00. The van der Waals surface area contributed by atoms with E-state index < -0.39 is 0 Å². The van der Waals surface area contributed by atoms with Gasteiger partial charge in [-0.05, 0) is 37.0 Å². The zero-order valence-electron chi connectivity index (χ0n) is 14.4. The summed E-state index contributed by atoms with van der Waals surface area (Å²) >= 11 is 0. The maximum absolute atomic E-state index is 2.26. The fraction of sp³-hybridized carbons (Fsp3) is 0.429. The lowest BCUT2D eigenvalue weighted by Gasteiger charge is -2.03. The predicted molar refractivity (Wildman–Crippen MR) is 103 cm³/mol.